The minimum atomic E-state index is 0.564. The normalized spacial score (nSPS) is 17.4. The number of fused-ring (bicyclic) bond motifs is 1. The smallest absolute Gasteiger partial charge is 0.212 e. The van der Waals surface area contributed by atoms with E-state index in [9.17, 15) is 0 Å². The van der Waals surface area contributed by atoms with Gasteiger partial charge in [0.1, 0.15) is 5.75 Å². The van der Waals surface area contributed by atoms with Crippen LogP contribution in [-0.2, 0) is 0 Å². The van der Waals surface area contributed by atoms with E-state index < -0.39 is 0 Å². The number of aromatic nitrogens is 3. The SMILES string of the molecule is CC1=Nn2c(nnc2C2CCCCCC2)SC1.COc1ccc(C)cc1. The van der Waals surface area contributed by atoms with Crippen molar-refractivity contribution in [2.75, 3.05) is 12.9 Å². The van der Waals surface area contributed by atoms with Crippen molar-refractivity contribution in [3.8, 4) is 5.75 Å². The van der Waals surface area contributed by atoms with Crippen LogP contribution in [0.5, 0.6) is 5.75 Å². The van der Waals surface area contributed by atoms with Crippen LogP contribution >= 0.6 is 11.8 Å². The lowest BCUT2D eigenvalue weighted by molar-refractivity contribution is 0.414. The molecule has 2 heterocycles. The first-order chi connectivity index (χ1) is 12.7. The molecule has 140 valence electrons. The zero-order valence-electron chi connectivity index (χ0n) is 15.9. The van der Waals surface area contributed by atoms with Crippen molar-refractivity contribution in [1.29, 1.82) is 0 Å². The van der Waals surface area contributed by atoms with Crippen LogP contribution < -0.4 is 4.74 Å². The van der Waals surface area contributed by atoms with Crippen LogP contribution in [0.2, 0.25) is 0 Å². The lowest BCUT2D eigenvalue weighted by Crippen LogP contribution is -2.12. The monoisotopic (exact) mass is 372 g/mol. The molecule has 0 unspecified atom stereocenters. The van der Waals surface area contributed by atoms with Gasteiger partial charge in [-0.1, -0.05) is 55.1 Å². The summed E-state index contributed by atoms with van der Waals surface area (Å²) in [6.45, 7) is 4.13. The summed E-state index contributed by atoms with van der Waals surface area (Å²) in [5.41, 5.74) is 2.42. The third-order valence-electron chi connectivity index (χ3n) is 4.79. The largest absolute Gasteiger partial charge is 0.497 e. The molecule has 1 aromatic carbocycles. The number of ether oxygens (including phenoxy) is 1. The fraction of sp³-hybridized carbons (Fsp3) is 0.550. The molecular weight excluding hydrogens is 344 g/mol. The van der Waals surface area contributed by atoms with Crippen LogP contribution in [0.15, 0.2) is 34.5 Å². The van der Waals surface area contributed by atoms with Gasteiger partial charge in [0.2, 0.25) is 5.16 Å². The molecule has 5 nitrogen and oxygen atoms in total. The average molecular weight is 373 g/mol. The highest BCUT2D eigenvalue weighted by Gasteiger charge is 2.24. The van der Waals surface area contributed by atoms with Gasteiger partial charge in [-0.3, -0.25) is 0 Å². The Balaban J connectivity index is 0.000000185. The van der Waals surface area contributed by atoms with Crippen molar-refractivity contribution in [2.45, 2.75) is 63.4 Å². The predicted molar refractivity (Wildman–Crippen MR) is 107 cm³/mol. The molecule has 0 bridgehead atoms. The van der Waals surface area contributed by atoms with Crippen molar-refractivity contribution in [3.63, 3.8) is 0 Å². The van der Waals surface area contributed by atoms with Gasteiger partial charge in [0.05, 0.1) is 7.11 Å². The van der Waals surface area contributed by atoms with Crippen LogP contribution in [0.1, 0.15) is 62.8 Å². The van der Waals surface area contributed by atoms with E-state index in [0.717, 1.165) is 28.2 Å². The highest BCUT2D eigenvalue weighted by atomic mass is 32.2. The molecule has 4 rings (SSSR count). The zero-order chi connectivity index (χ0) is 18.4. The minimum Gasteiger partial charge on any atom is -0.497 e. The van der Waals surface area contributed by atoms with Crippen molar-refractivity contribution >= 4 is 17.5 Å². The molecule has 0 radical (unpaired) electrons. The first kappa shape index (κ1) is 19.0. The maximum atomic E-state index is 4.97. The number of benzene rings is 1. The second kappa shape index (κ2) is 9.21. The second-order valence-electron chi connectivity index (χ2n) is 6.98. The molecule has 6 heteroatoms. The maximum absolute atomic E-state index is 4.97. The fourth-order valence-electron chi connectivity index (χ4n) is 3.30. The first-order valence-corrected chi connectivity index (χ1v) is 10.4. The van der Waals surface area contributed by atoms with E-state index >= 15 is 0 Å². The Morgan fingerprint density at radius 2 is 1.69 bits per heavy atom. The number of thioether (sulfide) groups is 1. The van der Waals surface area contributed by atoms with E-state index in [1.54, 1.807) is 18.9 Å². The average Bonchev–Trinajstić information content (AvgIpc) is 2.88. The lowest BCUT2D eigenvalue weighted by Gasteiger charge is -2.15. The molecule has 1 fully saturated rings. The van der Waals surface area contributed by atoms with Crippen LogP contribution in [0.4, 0.5) is 0 Å². The van der Waals surface area contributed by atoms with Gasteiger partial charge in [0.15, 0.2) is 5.82 Å². The Morgan fingerprint density at radius 1 is 1.00 bits per heavy atom. The quantitative estimate of drug-likeness (QED) is 0.692. The second-order valence-corrected chi connectivity index (χ2v) is 7.92. The van der Waals surface area contributed by atoms with Crippen LogP contribution in [0.25, 0.3) is 0 Å². The summed E-state index contributed by atoms with van der Waals surface area (Å²) in [6, 6.07) is 7.96. The topological polar surface area (TPSA) is 52.3 Å². The van der Waals surface area contributed by atoms with E-state index in [0.29, 0.717) is 5.92 Å². The third kappa shape index (κ3) is 4.87. The molecular formula is C20H28N4OS. The molecule has 0 amide bonds. The van der Waals surface area contributed by atoms with Gasteiger partial charge in [0, 0.05) is 17.4 Å². The molecule has 2 aliphatic rings. The zero-order valence-corrected chi connectivity index (χ0v) is 16.8. The number of hydrogen-bond acceptors (Lipinski definition) is 5. The van der Waals surface area contributed by atoms with Gasteiger partial charge >= 0.3 is 0 Å². The van der Waals surface area contributed by atoms with Gasteiger partial charge in [-0.2, -0.15) is 9.78 Å². The van der Waals surface area contributed by atoms with Crippen molar-refractivity contribution in [3.05, 3.63) is 35.7 Å². The van der Waals surface area contributed by atoms with E-state index in [4.69, 9.17) is 4.74 Å². The fourth-order valence-corrected chi connectivity index (χ4v) is 4.05. The Kier molecular flexibility index (Phi) is 6.72. The van der Waals surface area contributed by atoms with Crippen molar-refractivity contribution < 1.29 is 4.74 Å². The molecule has 1 aliphatic carbocycles. The molecule has 0 N–H and O–H groups in total. The Morgan fingerprint density at radius 3 is 2.35 bits per heavy atom. The first-order valence-electron chi connectivity index (χ1n) is 9.40. The summed E-state index contributed by atoms with van der Waals surface area (Å²) in [5, 5.41) is 14.2. The van der Waals surface area contributed by atoms with Gasteiger partial charge < -0.3 is 4.74 Å². The summed E-state index contributed by atoms with van der Waals surface area (Å²) in [7, 11) is 1.67. The highest BCUT2D eigenvalue weighted by Crippen LogP contribution is 2.33. The molecule has 1 aliphatic heterocycles. The standard InChI is InChI=1S/C12H18N4S.C8H10O/c1-9-8-17-12-14-13-11(16(12)15-9)10-6-4-2-3-5-7-10;1-7-3-5-8(9-2)6-4-7/h10H,2-8H2,1H3;3-6H,1-2H3. The number of methoxy groups -OCH3 is 1. The number of nitrogens with zero attached hydrogens (tertiary/aromatic N) is 4. The van der Waals surface area contributed by atoms with Crippen molar-refractivity contribution in [1.82, 2.24) is 14.9 Å². The molecule has 0 saturated heterocycles. The van der Waals surface area contributed by atoms with Crippen LogP contribution in [0.3, 0.4) is 0 Å². The van der Waals surface area contributed by atoms with Gasteiger partial charge in [-0.25, -0.2) is 0 Å². The van der Waals surface area contributed by atoms with Crippen LogP contribution in [-0.4, -0.2) is 33.4 Å². The lowest BCUT2D eigenvalue weighted by atomic mass is 10.00. The van der Waals surface area contributed by atoms with Gasteiger partial charge in [-0.05, 0) is 38.8 Å². The summed E-state index contributed by atoms with van der Waals surface area (Å²) in [5.74, 6) is 3.52. The molecule has 2 aromatic rings. The highest BCUT2D eigenvalue weighted by molar-refractivity contribution is 7.99. The number of hydrogen-bond donors (Lipinski definition) is 0. The summed E-state index contributed by atoms with van der Waals surface area (Å²) < 4.78 is 6.95. The molecule has 26 heavy (non-hydrogen) atoms. The van der Waals surface area contributed by atoms with E-state index in [2.05, 4.69) is 29.1 Å². The summed E-state index contributed by atoms with van der Waals surface area (Å²) in [6.07, 6.45) is 7.88. The summed E-state index contributed by atoms with van der Waals surface area (Å²) >= 11 is 1.75. The van der Waals surface area contributed by atoms with E-state index in [1.165, 1.54) is 44.1 Å². The summed E-state index contributed by atoms with van der Waals surface area (Å²) in [4.78, 5) is 0. The van der Waals surface area contributed by atoms with Crippen LogP contribution in [0, 0.1) is 6.92 Å². The number of aryl methyl sites for hydroxylation is 1. The maximum Gasteiger partial charge on any atom is 0.212 e. The van der Waals surface area contributed by atoms with E-state index in [1.807, 2.05) is 28.9 Å². The Hall–Kier alpha value is -1.82. The van der Waals surface area contributed by atoms with Gasteiger partial charge in [-0.15, -0.1) is 10.2 Å². The third-order valence-corrected chi connectivity index (χ3v) is 5.87. The minimum absolute atomic E-state index is 0.564. The molecule has 1 aromatic heterocycles. The van der Waals surface area contributed by atoms with Crippen molar-refractivity contribution in [2.24, 2.45) is 5.10 Å². The molecule has 1 saturated carbocycles. The predicted octanol–water partition coefficient (Wildman–Crippen LogP) is 5.05. The molecule has 0 atom stereocenters. The van der Waals surface area contributed by atoms with Gasteiger partial charge in [0.25, 0.3) is 0 Å². The Labute approximate surface area is 160 Å². The Bertz CT molecular complexity index is 731. The molecule has 0 spiro atoms. The van der Waals surface area contributed by atoms with E-state index in [-0.39, 0.29) is 0 Å². The number of rotatable bonds is 2.